The largest absolute Gasteiger partial charge is 0.471 e. The normalized spacial score (nSPS) is 27.7. The fourth-order valence-corrected chi connectivity index (χ4v) is 2.79. The molecular formula is C15H20N2O. The van der Waals surface area contributed by atoms with Crippen LogP contribution in [0.25, 0.3) is 0 Å². The lowest BCUT2D eigenvalue weighted by Gasteiger charge is -2.23. The van der Waals surface area contributed by atoms with Gasteiger partial charge in [0.25, 0.3) is 0 Å². The smallest absolute Gasteiger partial charge is 0.188 e. The molecule has 96 valence electrons. The van der Waals surface area contributed by atoms with E-state index in [-0.39, 0.29) is 6.10 Å². The predicted molar refractivity (Wildman–Crippen MR) is 72.9 cm³/mol. The standard InChI is InChI=1S/C15H20N2O/c1-11-5-2-3-7-13(11)14-10-17-15(18-14)12-6-4-8-16-9-12/h2-3,5,7,12,14,16H,4,6,8-10H2,1H3. The minimum absolute atomic E-state index is 0.128. The van der Waals surface area contributed by atoms with Gasteiger partial charge >= 0.3 is 0 Å². The zero-order chi connectivity index (χ0) is 12.4. The average molecular weight is 244 g/mol. The van der Waals surface area contributed by atoms with Crippen molar-refractivity contribution >= 4 is 5.90 Å². The van der Waals surface area contributed by atoms with E-state index in [1.165, 1.54) is 24.0 Å². The molecule has 1 fully saturated rings. The molecule has 1 aromatic rings. The topological polar surface area (TPSA) is 33.6 Å². The van der Waals surface area contributed by atoms with Crippen LogP contribution >= 0.6 is 0 Å². The maximum absolute atomic E-state index is 6.08. The van der Waals surface area contributed by atoms with Gasteiger partial charge in [0, 0.05) is 12.5 Å². The number of aliphatic imine (C=N–C) groups is 1. The van der Waals surface area contributed by atoms with Gasteiger partial charge < -0.3 is 10.1 Å². The van der Waals surface area contributed by atoms with Crippen molar-refractivity contribution in [3.05, 3.63) is 35.4 Å². The van der Waals surface area contributed by atoms with Gasteiger partial charge in [-0.1, -0.05) is 24.3 Å². The van der Waals surface area contributed by atoms with E-state index in [9.17, 15) is 0 Å². The lowest BCUT2D eigenvalue weighted by molar-refractivity contribution is 0.208. The highest BCUT2D eigenvalue weighted by Crippen LogP contribution is 2.29. The molecule has 18 heavy (non-hydrogen) atoms. The van der Waals surface area contributed by atoms with Crippen molar-refractivity contribution in [1.82, 2.24) is 5.32 Å². The summed E-state index contributed by atoms with van der Waals surface area (Å²) in [6, 6.07) is 8.43. The SMILES string of the molecule is Cc1ccccc1C1CN=C(C2CCCNC2)O1. The molecule has 3 nitrogen and oxygen atoms in total. The Labute approximate surface area is 108 Å². The molecule has 2 atom stereocenters. The minimum Gasteiger partial charge on any atom is -0.471 e. The summed E-state index contributed by atoms with van der Waals surface area (Å²) in [4.78, 5) is 4.61. The quantitative estimate of drug-likeness (QED) is 0.867. The Morgan fingerprint density at radius 3 is 3.00 bits per heavy atom. The Kier molecular flexibility index (Phi) is 3.33. The summed E-state index contributed by atoms with van der Waals surface area (Å²) < 4.78 is 6.08. The van der Waals surface area contributed by atoms with Crippen molar-refractivity contribution in [3.8, 4) is 0 Å². The van der Waals surface area contributed by atoms with Crippen LogP contribution in [0.5, 0.6) is 0 Å². The molecule has 2 unspecified atom stereocenters. The van der Waals surface area contributed by atoms with Crippen molar-refractivity contribution in [2.24, 2.45) is 10.9 Å². The molecule has 2 aliphatic heterocycles. The first-order chi connectivity index (χ1) is 8.84. The number of piperidine rings is 1. The first-order valence-corrected chi connectivity index (χ1v) is 6.82. The fourth-order valence-electron chi connectivity index (χ4n) is 2.79. The predicted octanol–water partition coefficient (Wildman–Crippen LogP) is 2.46. The van der Waals surface area contributed by atoms with Crippen LogP contribution < -0.4 is 5.32 Å². The highest BCUT2D eigenvalue weighted by Gasteiger charge is 2.29. The number of nitrogens with zero attached hydrogens (tertiary/aromatic N) is 1. The number of rotatable bonds is 2. The third-order valence-corrected chi connectivity index (χ3v) is 3.86. The molecule has 1 aromatic carbocycles. The monoisotopic (exact) mass is 244 g/mol. The minimum atomic E-state index is 0.128. The van der Waals surface area contributed by atoms with Crippen LogP contribution in [-0.2, 0) is 4.74 Å². The summed E-state index contributed by atoms with van der Waals surface area (Å²) in [6.07, 6.45) is 2.55. The summed E-state index contributed by atoms with van der Waals surface area (Å²) >= 11 is 0. The van der Waals surface area contributed by atoms with E-state index >= 15 is 0 Å². The van der Waals surface area contributed by atoms with Gasteiger partial charge in [0.1, 0.15) is 6.10 Å². The maximum Gasteiger partial charge on any atom is 0.188 e. The number of benzene rings is 1. The van der Waals surface area contributed by atoms with Crippen molar-refractivity contribution in [1.29, 1.82) is 0 Å². The van der Waals surface area contributed by atoms with Crippen molar-refractivity contribution in [2.45, 2.75) is 25.9 Å². The number of aryl methyl sites for hydroxylation is 1. The van der Waals surface area contributed by atoms with E-state index in [0.29, 0.717) is 5.92 Å². The molecule has 0 saturated carbocycles. The molecule has 1 N–H and O–H groups in total. The second-order valence-corrected chi connectivity index (χ2v) is 5.19. The van der Waals surface area contributed by atoms with Gasteiger partial charge in [0.2, 0.25) is 0 Å². The van der Waals surface area contributed by atoms with Gasteiger partial charge in [0.05, 0.1) is 6.54 Å². The van der Waals surface area contributed by atoms with E-state index in [0.717, 1.165) is 25.5 Å². The lowest BCUT2D eigenvalue weighted by atomic mass is 9.99. The van der Waals surface area contributed by atoms with Crippen LogP contribution in [0.15, 0.2) is 29.3 Å². The van der Waals surface area contributed by atoms with Crippen molar-refractivity contribution < 1.29 is 4.74 Å². The van der Waals surface area contributed by atoms with Crippen LogP contribution in [0.4, 0.5) is 0 Å². The lowest BCUT2D eigenvalue weighted by Crippen LogP contribution is -2.34. The molecule has 3 heteroatoms. The number of ether oxygens (including phenoxy) is 1. The molecule has 0 aliphatic carbocycles. The first kappa shape index (κ1) is 11.7. The summed E-state index contributed by atoms with van der Waals surface area (Å²) in [7, 11) is 0. The highest BCUT2D eigenvalue weighted by atomic mass is 16.5. The Hall–Kier alpha value is -1.35. The van der Waals surface area contributed by atoms with E-state index in [4.69, 9.17) is 4.74 Å². The highest BCUT2D eigenvalue weighted by molar-refractivity contribution is 5.80. The zero-order valence-electron chi connectivity index (χ0n) is 10.9. The number of nitrogens with one attached hydrogen (secondary N) is 1. The van der Waals surface area contributed by atoms with E-state index in [1.807, 2.05) is 0 Å². The molecule has 0 aromatic heterocycles. The second-order valence-electron chi connectivity index (χ2n) is 5.19. The van der Waals surface area contributed by atoms with Crippen molar-refractivity contribution in [3.63, 3.8) is 0 Å². The van der Waals surface area contributed by atoms with E-state index in [2.05, 4.69) is 41.5 Å². The molecule has 0 amide bonds. The van der Waals surface area contributed by atoms with Crippen molar-refractivity contribution in [2.75, 3.05) is 19.6 Å². The zero-order valence-corrected chi connectivity index (χ0v) is 10.9. The van der Waals surface area contributed by atoms with Gasteiger partial charge in [-0.3, -0.25) is 4.99 Å². The van der Waals surface area contributed by atoms with Gasteiger partial charge in [-0.05, 0) is 37.4 Å². The Morgan fingerprint density at radius 1 is 1.33 bits per heavy atom. The van der Waals surface area contributed by atoms with Crippen LogP contribution in [0.2, 0.25) is 0 Å². The van der Waals surface area contributed by atoms with Gasteiger partial charge in [0.15, 0.2) is 5.90 Å². The third-order valence-electron chi connectivity index (χ3n) is 3.86. The van der Waals surface area contributed by atoms with E-state index < -0.39 is 0 Å². The molecule has 0 radical (unpaired) electrons. The molecule has 2 heterocycles. The summed E-state index contributed by atoms with van der Waals surface area (Å²) in [6.45, 7) is 5.06. The van der Waals surface area contributed by atoms with E-state index in [1.54, 1.807) is 0 Å². The van der Waals surface area contributed by atoms with Crippen LogP contribution in [0.3, 0.4) is 0 Å². The molecule has 1 saturated heterocycles. The summed E-state index contributed by atoms with van der Waals surface area (Å²) in [5.74, 6) is 1.45. The Bertz CT molecular complexity index is 450. The van der Waals surface area contributed by atoms with Gasteiger partial charge in [-0.2, -0.15) is 0 Å². The Balaban J connectivity index is 1.68. The molecular weight excluding hydrogens is 224 g/mol. The molecule has 3 rings (SSSR count). The van der Waals surface area contributed by atoms with Gasteiger partial charge in [-0.15, -0.1) is 0 Å². The Morgan fingerprint density at radius 2 is 2.22 bits per heavy atom. The molecule has 2 aliphatic rings. The summed E-state index contributed by atoms with van der Waals surface area (Å²) in [5, 5.41) is 3.42. The molecule has 0 bridgehead atoms. The summed E-state index contributed by atoms with van der Waals surface area (Å²) in [5.41, 5.74) is 2.57. The second kappa shape index (κ2) is 5.11. The first-order valence-electron chi connectivity index (χ1n) is 6.82. The molecule has 0 spiro atoms. The third kappa shape index (κ3) is 2.27. The fraction of sp³-hybridized carbons (Fsp3) is 0.533. The van der Waals surface area contributed by atoms with Gasteiger partial charge in [-0.25, -0.2) is 0 Å². The average Bonchev–Trinajstić information content (AvgIpc) is 2.90. The van der Waals surface area contributed by atoms with Crippen LogP contribution in [-0.4, -0.2) is 25.5 Å². The van der Waals surface area contributed by atoms with Crippen LogP contribution in [0.1, 0.15) is 30.1 Å². The number of hydrogen-bond donors (Lipinski definition) is 1. The number of hydrogen-bond acceptors (Lipinski definition) is 3. The van der Waals surface area contributed by atoms with Crippen LogP contribution in [0, 0.1) is 12.8 Å². The maximum atomic E-state index is 6.08.